The molecule has 6 heteroatoms. The number of aromatic hydroxyl groups is 2. The van der Waals surface area contributed by atoms with Gasteiger partial charge in [-0.15, -0.1) is 11.3 Å². The summed E-state index contributed by atoms with van der Waals surface area (Å²) in [7, 11) is 1.14. The molecular formula is C7H5NO4S. The molecule has 0 saturated heterocycles. The quantitative estimate of drug-likeness (QED) is 0.653. The van der Waals surface area contributed by atoms with Gasteiger partial charge in [0, 0.05) is 0 Å². The molecule has 1 aromatic heterocycles. The molecular weight excluding hydrogens is 194 g/mol. The highest BCUT2D eigenvalue weighted by molar-refractivity contribution is 7.15. The van der Waals surface area contributed by atoms with Gasteiger partial charge in [-0.3, -0.25) is 0 Å². The van der Waals surface area contributed by atoms with Crippen molar-refractivity contribution in [2.45, 2.75) is 0 Å². The Morgan fingerprint density at radius 1 is 1.54 bits per heavy atom. The molecule has 0 atom stereocenters. The molecule has 1 rings (SSSR count). The van der Waals surface area contributed by atoms with Crippen LogP contribution in [0.4, 0.5) is 0 Å². The number of carbonyl (C=O) groups excluding carboxylic acids is 1. The van der Waals surface area contributed by atoms with Gasteiger partial charge >= 0.3 is 5.97 Å². The zero-order valence-corrected chi connectivity index (χ0v) is 7.38. The zero-order valence-electron chi connectivity index (χ0n) is 6.57. The van der Waals surface area contributed by atoms with Gasteiger partial charge in [-0.05, 0) is 0 Å². The predicted octanol–water partition coefficient (Wildman–Crippen LogP) is 0.818. The van der Waals surface area contributed by atoms with Crippen molar-refractivity contribution >= 4 is 17.3 Å². The molecule has 0 aliphatic heterocycles. The number of nitrogens with zero attached hydrogens (tertiary/aromatic N) is 1. The van der Waals surface area contributed by atoms with Crippen LogP contribution in [0.15, 0.2) is 0 Å². The average Bonchev–Trinajstić information content (AvgIpc) is 2.43. The molecule has 1 heterocycles. The summed E-state index contributed by atoms with van der Waals surface area (Å²) in [5.41, 5.74) is 0. The van der Waals surface area contributed by atoms with Gasteiger partial charge in [-0.25, -0.2) is 4.79 Å². The van der Waals surface area contributed by atoms with Crippen LogP contribution in [-0.4, -0.2) is 23.3 Å². The van der Waals surface area contributed by atoms with E-state index in [2.05, 4.69) is 4.74 Å². The smallest absolute Gasteiger partial charge is 0.352 e. The molecule has 0 aromatic carbocycles. The normalized spacial score (nSPS) is 9.23. The van der Waals surface area contributed by atoms with E-state index in [1.165, 1.54) is 0 Å². The van der Waals surface area contributed by atoms with Crippen molar-refractivity contribution in [2.24, 2.45) is 0 Å². The van der Waals surface area contributed by atoms with Crippen molar-refractivity contribution in [3.63, 3.8) is 0 Å². The molecule has 68 valence electrons. The van der Waals surface area contributed by atoms with Crippen LogP contribution in [0.3, 0.4) is 0 Å². The number of nitriles is 1. The summed E-state index contributed by atoms with van der Waals surface area (Å²) in [6, 6.07) is 1.64. The van der Waals surface area contributed by atoms with E-state index in [9.17, 15) is 4.79 Å². The molecule has 0 unspecified atom stereocenters. The fourth-order valence-electron chi connectivity index (χ4n) is 0.721. The molecule has 1 aromatic rings. The third kappa shape index (κ3) is 1.41. The summed E-state index contributed by atoms with van der Waals surface area (Å²) in [6.45, 7) is 0. The largest absolute Gasteiger partial charge is 0.503 e. The minimum absolute atomic E-state index is 0.113. The number of carbonyl (C=O) groups is 1. The van der Waals surface area contributed by atoms with Gasteiger partial charge in [0.05, 0.1) is 7.11 Å². The molecule has 13 heavy (non-hydrogen) atoms. The number of ether oxygens (including phenoxy) is 1. The van der Waals surface area contributed by atoms with Crippen molar-refractivity contribution < 1.29 is 19.7 Å². The molecule has 0 aliphatic carbocycles. The number of esters is 1. The SMILES string of the molecule is COC(=O)c1sc(C#N)c(O)c1O. The number of hydrogen-bond donors (Lipinski definition) is 2. The maximum absolute atomic E-state index is 10.9. The van der Waals surface area contributed by atoms with Gasteiger partial charge in [0.2, 0.25) is 0 Å². The van der Waals surface area contributed by atoms with Gasteiger partial charge in [0.25, 0.3) is 0 Å². The lowest BCUT2D eigenvalue weighted by molar-refractivity contribution is 0.0603. The van der Waals surface area contributed by atoms with Crippen molar-refractivity contribution in [3.8, 4) is 17.6 Å². The van der Waals surface area contributed by atoms with Crippen LogP contribution < -0.4 is 0 Å². The average molecular weight is 199 g/mol. The highest BCUT2D eigenvalue weighted by Crippen LogP contribution is 2.39. The molecule has 0 saturated carbocycles. The first-order chi connectivity index (χ1) is 6.11. The molecule has 2 N–H and O–H groups in total. The minimum Gasteiger partial charge on any atom is -0.503 e. The second-order valence-corrected chi connectivity index (χ2v) is 3.08. The number of rotatable bonds is 1. The van der Waals surface area contributed by atoms with Crippen LogP contribution in [0, 0.1) is 11.3 Å². The Labute approximate surface area is 77.4 Å². The lowest BCUT2D eigenvalue weighted by atomic mass is 10.3. The van der Waals surface area contributed by atoms with Crippen molar-refractivity contribution in [1.29, 1.82) is 5.26 Å². The number of methoxy groups -OCH3 is 1. The molecule has 0 fully saturated rings. The van der Waals surface area contributed by atoms with Crippen LogP contribution in [0.5, 0.6) is 11.5 Å². The maximum Gasteiger partial charge on any atom is 0.352 e. The van der Waals surface area contributed by atoms with Crippen LogP contribution in [0.2, 0.25) is 0 Å². The Morgan fingerprint density at radius 2 is 2.15 bits per heavy atom. The van der Waals surface area contributed by atoms with E-state index in [-0.39, 0.29) is 9.75 Å². The van der Waals surface area contributed by atoms with Crippen molar-refractivity contribution in [1.82, 2.24) is 0 Å². The van der Waals surface area contributed by atoms with Gasteiger partial charge in [0.1, 0.15) is 6.07 Å². The van der Waals surface area contributed by atoms with E-state index in [1.54, 1.807) is 6.07 Å². The third-order valence-electron chi connectivity index (χ3n) is 1.33. The molecule has 5 nitrogen and oxygen atoms in total. The topological polar surface area (TPSA) is 90.6 Å². The van der Waals surface area contributed by atoms with Gasteiger partial charge in [-0.1, -0.05) is 0 Å². The maximum atomic E-state index is 10.9. The summed E-state index contributed by atoms with van der Waals surface area (Å²) in [4.78, 5) is 10.6. The molecule has 0 bridgehead atoms. The first-order valence-electron chi connectivity index (χ1n) is 3.15. The van der Waals surface area contributed by atoms with Crippen molar-refractivity contribution in [2.75, 3.05) is 7.11 Å². The van der Waals surface area contributed by atoms with Crippen LogP contribution in [0.25, 0.3) is 0 Å². The van der Waals surface area contributed by atoms with Gasteiger partial charge < -0.3 is 14.9 Å². The van der Waals surface area contributed by atoms with Crippen LogP contribution in [-0.2, 0) is 4.74 Å². The minimum atomic E-state index is -0.778. The summed E-state index contributed by atoms with van der Waals surface area (Å²) in [6.07, 6.45) is 0. The number of thiophene rings is 1. The van der Waals surface area contributed by atoms with E-state index in [1.807, 2.05) is 0 Å². The van der Waals surface area contributed by atoms with E-state index >= 15 is 0 Å². The monoisotopic (exact) mass is 199 g/mol. The van der Waals surface area contributed by atoms with Crippen molar-refractivity contribution in [3.05, 3.63) is 9.75 Å². The first-order valence-corrected chi connectivity index (χ1v) is 3.96. The summed E-state index contributed by atoms with van der Waals surface area (Å²) < 4.78 is 4.32. The van der Waals surface area contributed by atoms with E-state index < -0.39 is 17.5 Å². The van der Waals surface area contributed by atoms with Gasteiger partial charge in [-0.2, -0.15) is 5.26 Å². The van der Waals surface area contributed by atoms with Crippen LogP contribution >= 0.6 is 11.3 Å². The van der Waals surface area contributed by atoms with E-state index in [0.717, 1.165) is 7.11 Å². The Bertz CT molecular complexity index is 390. The highest BCUT2D eigenvalue weighted by Gasteiger charge is 2.22. The fourth-order valence-corrected chi connectivity index (χ4v) is 1.52. The fraction of sp³-hybridized carbons (Fsp3) is 0.143. The first kappa shape index (κ1) is 9.35. The van der Waals surface area contributed by atoms with E-state index in [4.69, 9.17) is 15.5 Å². The molecule has 0 aliphatic rings. The Morgan fingerprint density at radius 3 is 2.54 bits per heavy atom. The molecule has 0 amide bonds. The Hall–Kier alpha value is -1.74. The van der Waals surface area contributed by atoms with Gasteiger partial charge in [0.15, 0.2) is 21.3 Å². The van der Waals surface area contributed by atoms with E-state index in [0.29, 0.717) is 11.3 Å². The lowest BCUT2D eigenvalue weighted by Gasteiger charge is -1.94. The standard InChI is InChI=1S/C7H5NO4S/c1-12-7(11)6-5(10)4(9)3(2-8)13-6/h9-10H,1H3. The Kier molecular flexibility index (Phi) is 2.39. The summed E-state index contributed by atoms with van der Waals surface area (Å²) in [5, 5.41) is 26.7. The lowest BCUT2D eigenvalue weighted by Crippen LogP contribution is -1.97. The zero-order chi connectivity index (χ0) is 10.0. The predicted molar refractivity (Wildman–Crippen MR) is 43.7 cm³/mol. The summed E-state index contributed by atoms with van der Waals surface area (Å²) in [5.74, 6) is -1.96. The molecule has 0 spiro atoms. The third-order valence-corrected chi connectivity index (χ3v) is 2.38. The molecule has 0 radical (unpaired) electrons. The highest BCUT2D eigenvalue weighted by atomic mass is 32.1. The Balaban J connectivity index is 3.27. The van der Waals surface area contributed by atoms with Crippen LogP contribution in [0.1, 0.15) is 14.5 Å². The second-order valence-electron chi connectivity index (χ2n) is 2.06. The second kappa shape index (κ2) is 3.33. The summed E-state index contributed by atoms with van der Waals surface area (Å²) >= 11 is 0.683. The number of hydrogen-bond acceptors (Lipinski definition) is 6.